The summed E-state index contributed by atoms with van der Waals surface area (Å²) >= 11 is 0. The third kappa shape index (κ3) is 4.07. The normalized spacial score (nSPS) is 13.5. The van der Waals surface area contributed by atoms with Crippen LogP contribution < -0.4 is 11.1 Å². The minimum Gasteiger partial charge on any atom is -0.443 e. The summed E-state index contributed by atoms with van der Waals surface area (Å²) in [4.78, 5) is 44.5. The van der Waals surface area contributed by atoms with Gasteiger partial charge in [-0.1, -0.05) is 0 Å². The molecular weight excluding hydrogens is 436 g/mol. The second-order valence-corrected chi connectivity index (χ2v) is 8.13. The number of hydrogen-bond donors (Lipinski definition) is 2. The molecule has 34 heavy (non-hydrogen) atoms. The van der Waals surface area contributed by atoms with Crippen LogP contribution >= 0.6 is 0 Å². The Hall–Kier alpha value is -4.28. The SMILES string of the molecule is Cc1cnc2ccc(-c3nc(C(=O)NCCC(=O)N4CCCC4)c(N)nc3-c3ncco3)cn12. The second kappa shape index (κ2) is 8.93. The van der Waals surface area contributed by atoms with Gasteiger partial charge in [0.25, 0.3) is 5.91 Å². The number of carbonyl (C=O) groups excluding carboxylic acids is 2. The van der Waals surface area contributed by atoms with E-state index in [0.717, 1.165) is 37.3 Å². The predicted molar refractivity (Wildman–Crippen MR) is 124 cm³/mol. The van der Waals surface area contributed by atoms with Gasteiger partial charge in [0.05, 0.1) is 6.20 Å². The van der Waals surface area contributed by atoms with E-state index in [4.69, 9.17) is 10.2 Å². The summed E-state index contributed by atoms with van der Waals surface area (Å²) in [6.07, 6.45) is 8.82. The molecule has 1 aliphatic rings. The van der Waals surface area contributed by atoms with Gasteiger partial charge in [-0.25, -0.2) is 19.9 Å². The maximum absolute atomic E-state index is 12.9. The molecule has 1 aliphatic heterocycles. The number of imidazole rings is 1. The first-order valence-electron chi connectivity index (χ1n) is 11.1. The molecule has 0 radical (unpaired) electrons. The number of hydrogen-bond acceptors (Lipinski definition) is 8. The molecule has 1 saturated heterocycles. The highest BCUT2D eigenvalue weighted by molar-refractivity contribution is 5.98. The fourth-order valence-corrected chi connectivity index (χ4v) is 4.04. The quantitative estimate of drug-likeness (QED) is 0.445. The molecule has 5 rings (SSSR count). The molecule has 3 N–H and O–H groups in total. The molecule has 174 valence electrons. The first-order chi connectivity index (χ1) is 16.5. The highest BCUT2D eigenvalue weighted by Gasteiger charge is 2.23. The highest BCUT2D eigenvalue weighted by Crippen LogP contribution is 2.30. The number of nitrogens with two attached hydrogens (primary N) is 1. The standard InChI is InChI=1S/C23H24N8O3/c1-14-12-27-16-5-4-15(13-31(14)16)18-19(23-26-8-11-34-23)29-21(24)20(28-18)22(33)25-7-6-17(32)30-9-2-3-10-30/h4-5,8,11-13H,2-3,6-7,9-10H2,1H3,(H2,24,29)(H,25,33). The lowest BCUT2D eigenvalue weighted by Gasteiger charge is -2.15. The second-order valence-electron chi connectivity index (χ2n) is 8.13. The topological polar surface area (TPSA) is 145 Å². The van der Waals surface area contributed by atoms with Gasteiger partial charge >= 0.3 is 0 Å². The molecule has 4 aromatic rings. The maximum Gasteiger partial charge on any atom is 0.273 e. The number of nitrogens with zero attached hydrogens (tertiary/aromatic N) is 6. The van der Waals surface area contributed by atoms with E-state index in [1.54, 1.807) is 6.20 Å². The highest BCUT2D eigenvalue weighted by atomic mass is 16.3. The Bertz CT molecular complexity index is 1360. The van der Waals surface area contributed by atoms with Crippen molar-refractivity contribution in [2.24, 2.45) is 0 Å². The Balaban J connectivity index is 1.45. The molecule has 0 aromatic carbocycles. The molecular formula is C23H24N8O3. The van der Waals surface area contributed by atoms with Crippen LogP contribution in [0.3, 0.4) is 0 Å². The lowest BCUT2D eigenvalue weighted by atomic mass is 10.1. The van der Waals surface area contributed by atoms with Crippen LogP contribution in [-0.2, 0) is 4.79 Å². The summed E-state index contributed by atoms with van der Waals surface area (Å²) in [6.45, 7) is 3.68. The number of nitrogens with one attached hydrogen (secondary N) is 1. The van der Waals surface area contributed by atoms with E-state index < -0.39 is 5.91 Å². The molecule has 11 heteroatoms. The van der Waals surface area contributed by atoms with E-state index in [0.29, 0.717) is 17.0 Å². The number of carbonyl (C=O) groups is 2. The zero-order valence-electron chi connectivity index (χ0n) is 18.7. The van der Waals surface area contributed by atoms with Crippen molar-refractivity contribution >= 4 is 23.3 Å². The Morgan fingerprint density at radius 3 is 2.74 bits per heavy atom. The molecule has 0 unspecified atom stereocenters. The smallest absolute Gasteiger partial charge is 0.273 e. The van der Waals surface area contributed by atoms with Gasteiger partial charge in [-0.2, -0.15) is 0 Å². The van der Waals surface area contributed by atoms with E-state index in [2.05, 4.69) is 25.3 Å². The van der Waals surface area contributed by atoms with E-state index in [1.165, 1.54) is 12.5 Å². The van der Waals surface area contributed by atoms with E-state index in [1.807, 2.05) is 34.6 Å². The Labute approximate surface area is 195 Å². The fourth-order valence-electron chi connectivity index (χ4n) is 4.04. The van der Waals surface area contributed by atoms with Gasteiger partial charge in [0.2, 0.25) is 11.8 Å². The number of likely N-dealkylation sites (tertiary alicyclic amines) is 1. The lowest BCUT2D eigenvalue weighted by molar-refractivity contribution is -0.129. The third-order valence-electron chi connectivity index (χ3n) is 5.82. The van der Waals surface area contributed by atoms with Crippen molar-refractivity contribution < 1.29 is 14.0 Å². The maximum atomic E-state index is 12.9. The van der Waals surface area contributed by atoms with Gasteiger partial charge in [-0.15, -0.1) is 0 Å². The molecule has 2 amide bonds. The largest absolute Gasteiger partial charge is 0.443 e. The molecule has 1 fully saturated rings. The number of oxazole rings is 1. The molecule has 4 aromatic heterocycles. The van der Waals surface area contributed by atoms with Crippen LogP contribution in [0.2, 0.25) is 0 Å². The van der Waals surface area contributed by atoms with Crippen molar-refractivity contribution in [2.75, 3.05) is 25.4 Å². The van der Waals surface area contributed by atoms with Gasteiger partial charge in [-0.05, 0) is 31.9 Å². The van der Waals surface area contributed by atoms with Gasteiger partial charge < -0.3 is 24.8 Å². The first kappa shape index (κ1) is 21.6. The van der Waals surface area contributed by atoms with Crippen LogP contribution in [-0.4, -0.2) is 60.7 Å². The number of nitrogen functional groups attached to an aromatic ring is 1. The lowest BCUT2D eigenvalue weighted by Crippen LogP contribution is -2.33. The number of anilines is 1. The van der Waals surface area contributed by atoms with Crippen molar-refractivity contribution in [3.05, 3.63) is 48.4 Å². The zero-order valence-corrected chi connectivity index (χ0v) is 18.7. The van der Waals surface area contributed by atoms with Gasteiger partial charge in [0.1, 0.15) is 17.6 Å². The van der Waals surface area contributed by atoms with Gasteiger partial charge in [0.15, 0.2) is 17.2 Å². The summed E-state index contributed by atoms with van der Waals surface area (Å²) < 4.78 is 7.36. The summed E-state index contributed by atoms with van der Waals surface area (Å²) in [5, 5.41) is 2.74. The van der Waals surface area contributed by atoms with Crippen molar-refractivity contribution in [3.63, 3.8) is 0 Å². The van der Waals surface area contributed by atoms with E-state index in [9.17, 15) is 9.59 Å². The average Bonchev–Trinajstić information content (AvgIpc) is 3.61. The molecule has 0 bridgehead atoms. The average molecular weight is 460 g/mol. The summed E-state index contributed by atoms with van der Waals surface area (Å²) in [6, 6.07) is 3.69. The Kier molecular flexibility index (Phi) is 5.66. The number of pyridine rings is 1. The van der Waals surface area contributed by atoms with Crippen molar-refractivity contribution in [2.45, 2.75) is 26.2 Å². The van der Waals surface area contributed by atoms with Crippen LogP contribution in [0.1, 0.15) is 35.4 Å². The minimum absolute atomic E-state index is 0.0265. The number of aryl methyl sites for hydroxylation is 1. The monoisotopic (exact) mass is 460 g/mol. The summed E-state index contributed by atoms with van der Waals surface area (Å²) in [5.41, 5.74) is 9.21. The number of aromatic nitrogens is 5. The Morgan fingerprint density at radius 2 is 1.97 bits per heavy atom. The van der Waals surface area contributed by atoms with Crippen LogP contribution in [0.15, 0.2) is 41.4 Å². The van der Waals surface area contributed by atoms with Gasteiger partial charge in [0, 0.05) is 49.7 Å². The zero-order chi connectivity index (χ0) is 23.7. The molecule has 5 heterocycles. The Morgan fingerprint density at radius 1 is 1.15 bits per heavy atom. The molecule has 0 spiro atoms. The summed E-state index contributed by atoms with van der Waals surface area (Å²) in [5.74, 6) is -0.292. The van der Waals surface area contributed by atoms with Gasteiger partial charge in [-0.3, -0.25) is 9.59 Å². The third-order valence-corrected chi connectivity index (χ3v) is 5.82. The summed E-state index contributed by atoms with van der Waals surface area (Å²) in [7, 11) is 0. The molecule has 0 atom stereocenters. The van der Waals surface area contributed by atoms with Crippen LogP contribution in [0, 0.1) is 6.92 Å². The molecule has 11 nitrogen and oxygen atoms in total. The van der Waals surface area contributed by atoms with Crippen LogP contribution in [0.25, 0.3) is 28.5 Å². The minimum atomic E-state index is -0.501. The first-order valence-corrected chi connectivity index (χ1v) is 11.1. The van der Waals surface area contributed by atoms with E-state index >= 15 is 0 Å². The van der Waals surface area contributed by atoms with Crippen molar-refractivity contribution in [1.82, 2.24) is 34.6 Å². The number of amides is 2. The predicted octanol–water partition coefficient (Wildman–Crippen LogP) is 2.08. The fraction of sp³-hybridized carbons (Fsp3) is 0.304. The van der Waals surface area contributed by atoms with Crippen LogP contribution in [0.5, 0.6) is 0 Å². The van der Waals surface area contributed by atoms with Crippen molar-refractivity contribution in [1.29, 1.82) is 0 Å². The van der Waals surface area contributed by atoms with Crippen molar-refractivity contribution in [3.8, 4) is 22.8 Å². The van der Waals surface area contributed by atoms with E-state index in [-0.39, 0.29) is 36.3 Å². The number of rotatable bonds is 6. The molecule has 0 saturated carbocycles. The number of fused-ring (bicyclic) bond motifs is 1. The van der Waals surface area contributed by atoms with Crippen LogP contribution in [0.4, 0.5) is 5.82 Å². The molecule has 0 aliphatic carbocycles.